The molecule has 0 atom stereocenters. The molecule has 1 aromatic heterocycles. The summed E-state index contributed by atoms with van der Waals surface area (Å²) in [4.78, 5) is 10.6. The van der Waals surface area contributed by atoms with E-state index in [0.717, 1.165) is 10.4 Å². The van der Waals surface area contributed by atoms with Gasteiger partial charge < -0.3 is 4.42 Å². The van der Waals surface area contributed by atoms with Crippen LogP contribution in [0.3, 0.4) is 0 Å². The van der Waals surface area contributed by atoms with Gasteiger partial charge in [-0.2, -0.15) is 0 Å². The van der Waals surface area contributed by atoms with E-state index in [1.807, 2.05) is 12.1 Å². The molecule has 0 spiro atoms. The fraction of sp³-hybridized carbons (Fsp3) is 0.375. The molecule has 0 unspecified atom stereocenters. The molecule has 0 N–H and O–H groups in total. The lowest BCUT2D eigenvalue weighted by Gasteiger charge is -2.21. The van der Waals surface area contributed by atoms with E-state index in [9.17, 15) is 4.79 Å². The number of carbonyl (C=O) groups excluding carboxylic acids is 1. The van der Waals surface area contributed by atoms with E-state index in [-0.39, 0.29) is 0 Å². The van der Waals surface area contributed by atoms with Crippen LogP contribution in [-0.2, 0) is 4.79 Å². The summed E-state index contributed by atoms with van der Waals surface area (Å²) in [7, 11) is 0. The Bertz CT molecular complexity index is 282. The summed E-state index contributed by atoms with van der Waals surface area (Å²) in [6.07, 6.45) is 1.31. The first-order chi connectivity index (χ1) is 5.25. The van der Waals surface area contributed by atoms with Crippen molar-refractivity contribution in [3.8, 4) is 0 Å². The number of furan rings is 1. The van der Waals surface area contributed by atoms with Crippen molar-refractivity contribution in [1.29, 1.82) is 0 Å². The molecule has 2 rings (SSSR count). The maximum Gasteiger partial charge on any atom is 0.169 e. The molecule has 1 aliphatic carbocycles. The average Bonchev–Trinajstić information content (AvgIpc) is 2.29. The molecule has 0 aliphatic heterocycles. The van der Waals surface area contributed by atoms with Crippen molar-refractivity contribution in [3.63, 3.8) is 0 Å². The molecule has 0 amide bonds. The van der Waals surface area contributed by atoms with Crippen LogP contribution in [0.4, 0.5) is 0 Å². The fourth-order valence-corrected chi connectivity index (χ4v) is 1.56. The minimum absolute atomic E-state index is 0.336. The van der Waals surface area contributed by atoms with Gasteiger partial charge >= 0.3 is 0 Å². The zero-order valence-electron chi connectivity index (χ0n) is 5.84. The number of rotatable bonds is 1. The van der Waals surface area contributed by atoms with Gasteiger partial charge in [-0.3, -0.25) is 4.79 Å². The van der Waals surface area contributed by atoms with Crippen LogP contribution < -0.4 is 0 Å². The van der Waals surface area contributed by atoms with Crippen molar-refractivity contribution in [2.75, 3.05) is 0 Å². The van der Waals surface area contributed by atoms with Crippen molar-refractivity contribution in [2.24, 2.45) is 0 Å². The summed E-state index contributed by atoms with van der Waals surface area (Å²) in [5, 5.41) is 0. The van der Waals surface area contributed by atoms with Crippen LogP contribution >= 0.6 is 15.9 Å². The van der Waals surface area contributed by atoms with E-state index < -0.39 is 0 Å². The van der Waals surface area contributed by atoms with Crippen molar-refractivity contribution < 1.29 is 9.21 Å². The number of ketones is 1. The van der Waals surface area contributed by atoms with Gasteiger partial charge in [0.25, 0.3) is 0 Å². The van der Waals surface area contributed by atoms with E-state index in [4.69, 9.17) is 4.42 Å². The van der Waals surface area contributed by atoms with E-state index >= 15 is 0 Å². The summed E-state index contributed by atoms with van der Waals surface area (Å²) in [6, 6.07) is 3.78. The smallest absolute Gasteiger partial charge is 0.169 e. The van der Waals surface area contributed by atoms with Gasteiger partial charge in [-0.25, -0.2) is 0 Å². The first kappa shape index (κ1) is 7.10. The predicted octanol–water partition coefficient (Wildman–Crippen LogP) is 2.49. The molecule has 58 valence electrons. The molecule has 0 bridgehead atoms. The zero-order chi connectivity index (χ0) is 7.84. The minimum atomic E-state index is 0.336. The number of hydrogen-bond donors (Lipinski definition) is 0. The Kier molecular flexibility index (Phi) is 1.60. The van der Waals surface area contributed by atoms with Crippen LogP contribution in [0, 0.1) is 0 Å². The maximum atomic E-state index is 10.6. The lowest BCUT2D eigenvalue weighted by atomic mass is 9.82. The SMILES string of the molecule is O=C1CC(c2ccc(Br)o2)C1. The van der Waals surface area contributed by atoms with Crippen LogP contribution in [0.1, 0.15) is 24.5 Å². The Labute approximate surface area is 72.7 Å². The molecular formula is C8H7BrO2. The molecule has 3 heteroatoms. The van der Waals surface area contributed by atoms with Gasteiger partial charge in [0, 0.05) is 18.8 Å². The number of hydrogen-bond acceptors (Lipinski definition) is 2. The molecule has 1 heterocycles. The largest absolute Gasteiger partial charge is 0.454 e. The lowest BCUT2D eigenvalue weighted by molar-refractivity contribution is -0.125. The summed E-state index contributed by atoms with van der Waals surface area (Å²) >= 11 is 3.22. The van der Waals surface area contributed by atoms with Gasteiger partial charge in [-0.05, 0) is 28.1 Å². The third-order valence-electron chi connectivity index (χ3n) is 1.94. The Morgan fingerprint density at radius 3 is 2.64 bits per heavy atom. The van der Waals surface area contributed by atoms with Gasteiger partial charge in [-0.1, -0.05) is 0 Å². The van der Waals surface area contributed by atoms with Gasteiger partial charge in [0.1, 0.15) is 11.5 Å². The average molecular weight is 215 g/mol. The Hall–Kier alpha value is -0.570. The van der Waals surface area contributed by atoms with E-state index in [0.29, 0.717) is 24.5 Å². The van der Waals surface area contributed by atoms with E-state index in [1.54, 1.807) is 0 Å². The monoisotopic (exact) mass is 214 g/mol. The highest BCUT2D eigenvalue weighted by molar-refractivity contribution is 9.10. The number of carbonyl (C=O) groups is 1. The Morgan fingerprint density at radius 2 is 2.18 bits per heavy atom. The van der Waals surface area contributed by atoms with Crippen LogP contribution in [0.2, 0.25) is 0 Å². The predicted molar refractivity (Wildman–Crippen MR) is 43.4 cm³/mol. The Morgan fingerprint density at radius 1 is 1.45 bits per heavy atom. The maximum absolute atomic E-state index is 10.6. The number of halogens is 1. The van der Waals surface area contributed by atoms with Crippen molar-refractivity contribution in [2.45, 2.75) is 18.8 Å². The molecule has 1 fully saturated rings. The molecule has 1 aromatic rings. The van der Waals surface area contributed by atoms with Gasteiger partial charge in [0.2, 0.25) is 0 Å². The zero-order valence-corrected chi connectivity index (χ0v) is 7.43. The van der Waals surface area contributed by atoms with Crippen LogP contribution in [0.25, 0.3) is 0 Å². The molecule has 2 nitrogen and oxygen atoms in total. The fourth-order valence-electron chi connectivity index (χ4n) is 1.24. The summed E-state index contributed by atoms with van der Waals surface area (Å²) in [5.41, 5.74) is 0. The van der Waals surface area contributed by atoms with Crippen molar-refractivity contribution in [1.82, 2.24) is 0 Å². The first-order valence-electron chi connectivity index (χ1n) is 3.52. The Balaban J connectivity index is 2.12. The highest BCUT2D eigenvalue weighted by Crippen LogP contribution is 2.35. The second-order valence-corrected chi connectivity index (χ2v) is 3.57. The first-order valence-corrected chi connectivity index (χ1v) is 4.32. The highest BCUT2D eigenvalue weighted by Gasteiger charge is 2.30. The second-order valence-electron chi connectivity index (χ2n) is 2.79. The van der Waals surface area contributed by atoms with E-state index in [1.165, 1.54) is 0 Å². The molecule has 1 saturated carbocycles. The second kappa shape index (κ2) is 2.48. The van der Waals surface area contributed by atoms with Crippen molar-refractivity contribution >= 4 is 21.7 Å². The lowest BCUT2D eigenvalue weighted by Crippen LogP contribution is -2.20. The molecule has 0 aromatic carbocycles. The van der Waals surface area contributed by atoms with Gasteiger partial charge in [0.05, 0.1) is 0 Å². The van der Waals surface area contributed by atoms with Gasteiger partial charge in [-0.15, -0.1) is 0 Å². The summed E-state index contributed by atoms with van der Waals surface area (Å²) < 4.78 is 6.04. The van der Waals surface area contributed by atoms with Crippen molar-refractivity contribution in [3.05, 3.63) is 22.6 Å². The standard InChI is InChI=1S/C8H7BrO2/c9-8-2-1-7(11-8)5-3-6(10)4-5/h1-2,5H,3-4H2. The molecule has 1 aliphatic rings. The van der Waals surface area contributed by atoms with Crippen LogP contribution in [-0.4, -0.2) is 5.78 Å². The third kappa shape index (κ3) is 1.25. The molecular weight excluding hydrogens is 208 g/mol. The molecule has 11 heavy (non-hydrogen) atoms. The molecule has 0 radical (unpaired) electrons. The topological polar surface area (TPSA) is 30.2 Å². The van der Waals surface area contributed by atoms with Gasteiger partial charge in [0.15, 0.2) is 4.67 Å². The normalized spacial score (nSPS) is 18.5. The van der Waals surface area contributed by atoms with Crippen LogP contribution in [0.15, 0.2) is 21.2 Å². The summed E-state index contributed by atoms with van der Waals surface area (Å²) in [6.45, 7) is 0. The third-order valence-corrected chi connectivity index (χ3v) is 2.37. The van der Waals surface area contributed by atoms with E-state index in [2.05, 4.69) is 15.9 Å². The number of Topliss-reactive ketones (excluding diaryl/α,β-unsaturated/α-hetero) is 1. The van der Waals surface area contributed by atoms with Crippen LogP contribution in [0.5, 0.6) is 0 Å². The highest BCUT2D eigenvalue weighted by atomic mass is 79.9. The quantitative estimate of drug-likeness (QED) is 0.720. The molecule has 0 saturated heterocycles. The minimum Gasteiger partial charge on any atom is -0.454 e. The summed E-state index contributed by atoms with van der Waals surface area (Å²) in [5.74, 6) is 1.60.